The van der Waals surface area contributed by atoms with Gasteiger partial charge in [-0.15, -0.1) is 0 Å². The third-order valence-corrected chi connectivity index (χ3v) is 4.98. The zero-order valence-electron chi connectivity index (χ0n) is 15.3. The van der Waals surface area contributed by atoms with Crippen LogP contribution in [0.1, 0.15) is 28.8 Å². The number of carbonyl (C=O) groups is 1. The molecule has 1 fully saturated rings. The molecule has 0 radical (unpaired) electrons. The van der Waals surface area contributed by atoms with Crippen LogP contribution in [0.2, 0.25) is 0 Å². The van der Waals surface area contributed by atoms with E-state index in [-0.39, 0.29) is 11.9 Å². The number of anilines is 1. The lowest BCUT2D eigenvalue weighted by Gasteiger charge is -2.35. The van der Waals surface area contributed by atoms with Gasteiger partial charge in [0.2, 0.25) is 0 Å². The Morgan fingerprint density at radius 1 is 1.18 bits per heavy atom. The highest BCUT2D eigenvalue weighted by molar-refractivity contribution is 5.95. The Labute approximate surface area is 162 Å². The molecule has 2 aromatic rings. The molecule has 2 heterocycles. The topological polar surface area (TPSA) is 74.6 Å². The molecule has 0 aliphatic carbocycles. The third kappa shape index (κ3) is 3.72. The Morgan fingerprint density at radius 2 is 2.00 bits per heavy atom. The molecule has 1 saturated heterocycles. The van der Waals surface area contributed by atoms with Gasteiger partial charge in [0.05, 0.1) is 17.3 Å². The van der Waals surface area contributed by atoms with Crippen LogP contribution >= 0.6 is 0 Å². The largest absolute Gasteiger partial charge is 0.486 e. The number of nitriles is 1. The molecule has 1 N–H and O–H groups in total. The second kappa shape index (κ2) is 7.77. The lowest BCUT2D eigenvalue weighted by molar-refractivity contribution is 0.0932. The van der Waals surface area contributed by atoms with Gasteiger partial charge in [0.25, 0.3) is 5.91 Å². The maximum Gasteiger partial charge on any atom is 0.251 e. The predicted molar refractivity (Wildman–Crippen MR) is 101 cm³/mol. The Kier molecular flexibility index (Phi) is 5.02. The van der Waals surface area contributed by atoms with E-state index in [1.165, 1.54) is 6.07 Å². The van der Waals surface area contributed by atoms with Gasteiger partial charge in [0.15, 0.2) is 11.5 Å². The molecule has 2 aromatic carbocycles. The van der Waals surface area contributed by atoms with E-state index in [0.29, 0.717) is 54.6 Å². The summed E-state index contributed by atoms with van der Waals surface area (Å²) >= 11 is 0. The summed E-state index contributed by atoms with van der Waals surface area (Å²) in [6.45, 7) is 2.19. The van der Waals surface area contributed by atoms with Gasteiger partial charge in [0, 0.05) is 24.7 Å². The fourth-order valence-electron chi connectivity index (χ4n) is 3.60. The van der Waals surface area contributed by atoms with E-state index in [1.807, 2.05) is 11.0 Å². The van der Waals surface area contributed by atoms with Crippen LogP contribution in [-0.2, 0) is 0 Å². The first-order valence-electron chi connectivity index (χ1n) is 9.29. The van der Waals surface area contributed by atoms with Gasteiger partial charge in [-0.25, -0.2) is 4.39 Å². The highest BCUT2D eigenvalue weighted by Crippen LogP contribution is 2.31. The molecule has 1 amide bonds. The van der Waals surface area contributed by atoms with E-state index in [0.717, 1.165) is 12.8 Å². The molecule has 4 rings (SSSR count). The van der Waals surface area contributed by atoms with Crippen molar-refractivity contribution in [3.05, 3.63) is 53.3 Å². The highest BCUT2D eigenvalue weighted by atomic mass is 19.1. The van der Waals surface area contributed by atoms with Crippen molar-refractivity contribution in [2.75, 3.05) is 31.2 Å². The maximum atomic E-state index is 14.3. The fraction of sp³-hybridized carbons (Fsp3) is 0.333. The van der Waals surface area contributed by atoms with Gasteiger partial charge < -0.3 is 19.7 Å². The second-order valence-electron chi connectivity index (χ2n) is 6.90. The molecular weight excluding hydrogens is 361 g/mol. The molecule has 0 aromatic heterocycles. The molecule has 2 aliphatic rings. The fourth-order valence-corrected chi connectivity index (χ4v) is 3.60. The number of hydrogen-bond donors (Lipinski definition) is 1. The molecule has 0 bridgehead atoms. The van der Waals surface area contributed by atoms with Crippen molar-refractivity contribution < 1.29 is 18.7 Å². The minimum absolute atomic E-state index is 0.0931. The summed E-state index contributed by atoms with van der Waals surface area (Å²) in [6.07, 6.45) is 1.66. The molecule has 1 unspecified atom stereocenters. The standard InChI is InChI=1S/C21H20FN3O3/c22-17-10-14(12-23)3-5-18(17)25-7-1-2-16(13-25)24-21(26)15-4-6-19-20(11-15)28-9-8-27-19/h3-6,10-11,16H,1-2,7-9,13H2,(H,24,26). The number of benzene rings is 2. The number of ether oxygens (including phenoxy) is 2. The highest BCUT2D eigenvalue weighted by Gasteiger charge is 2.24. The van der Waals surface area contributed by atoms with Crippen molar-refractivity contribution in [3.8, 4) is 17.6 Å². The monoisotopic (exact) mass is 381 g/mol. The van der Waals surface area contributed by atoms with Gasteiger partial charge in [-0.3, -0.25) is 4.79 Å². The number of nitrogens with one attached hydrogen (secondary N) is 1. The van der Waals surface area contributed by atoms with Crippen LogP contribution < -0.4 is 19.7 Å². The summed E-state index contributed by atoms with van der Waals surface area (Å²) in [7, 11) is 0. The molecule has 0 saturated carbocycles. The smallest absolute Gasteiger partial charge is 0.251 e. The Hall–Kier alpha value is -3.27. The van der Waals surface area contributed by atoms with Gasteiger partial charge in [0.1, 0.15) is 19.0 Å². The van der Waals surface area contributed by atoms with Crippen LogP contribution in [0.3, 0.4) is 0 Å². The zero-order chi connectivity index (χ0) is 19.5. The lowest BCUT2D eigenvalue weighted by Crippen LogP contribution is -2.48. The molecule has 28 heavy (non-hydrogen) atoms. The van der Waals surface area contributed by atoms with Crippen molar-refractivity contribution >= 4 is 11.6 Å². The minimum Gasteiger partial charge on any atom is -0.486 e. The van der Waals surface area contributed by atoms with Crippen LogP contribution in [0, 0.1) is 17.1 Å². The second-order valence-corrected chi connectivity index (χ2v) is 6.90. The maximum absolute atomic E-state index is 14.3. The Bertz CT molecular complexity index is 941. The first kappa shape index (κ1) is 18.1. The normalized spacial score (nSPS) is 18.3. The number of carbonyl (C=O) groups excluding carboxylic acids is 1. The van der Waals surface area contributed by atoms with Crippen molar-refractivity contribution in [2.45, 2.75) is 18.9 Å². The Morgan fingerprint density at radius 3 is 2.79 bits per heavy atom. The van der Waals surface area contributed by atoms with Crippen LogP contribution in [0.15, 0.2) is 36.4 Å². The molecule has 1 atom stereocenters. The van der Waals surface area contributed by atoms with E-state index in [1.54, 1.807) is 30.3 Å². The average molecular weight is 381 g/mol. The molecular formula is C21H20FN3O3. The van der Waals surface area contributed by atoms with Crippen LogP contribution in [0.25, 0.3) is 0 Å². The zero-order valence-corrected chi connectivity index (χ0v) is 15.3. The quantitative estimate of drug-likeness (QED) is 0.885. The summed E-state index contributed by atoms with van der Waals surface area (Å²) in [5.41, 5.74) is 1.25. The van der Waals surface area contributed by atoms with Gasteiger partial charge in [-0.1, -0.05) is 0 Å². The van der Waals surface area contributed by atoms with E-state index in [9.17, 15) is 9.18 Å². The van der Waals surface area contributed by atoms with Crippen LogP contribution in [-0.4, -0.2) is 38.3 Å². The van der Waals surface area contributed by atoms with Crippen molar-refractivity contribution in [1.82, 2.24) is 5.32 Å². The van der Waals surface area contributed by atoms with Crippen molar-refractivity contribution in [2.24, 2.45) is 0 Å². The van der Waals surface area contributed by atoms with Crippen LogP contribution in [0.4, 0.5) is 10.1 Å². The van der Waals surface area contributed by atoms with Crippen molar-refractivity contribution in [1.29, 1.82) is 5.26 Å². The van der Waals surface area contributed by atoms with Gasteiger partial charge >= 0.3 is 0 Å². The summed E-state index contributed by atoms with van der Waals surface area (Å²) in [4.78, 5) is 14.6. The molecule has 0 spiro atoms. The summed E-state index contributed by atoms with van der Waals surface area (Å²) in [6, 6.07) is 11.5. The summed E-state index contributed by atoms with van der Waals surface area (Å²) < 4.78 is 25.3. The number of hydrogen-bond acceptors (Lipinski definition) is 5. The Balaban J connectivity index is 1.44. The minimum atomic E-state index is -0.419. The predicted octanol–water partition coefficient (Wildman–Crippen LogP) is 2.87. The van der Waals surface area contributed by atoms with E-state index >= 15 is 0 Å². The summed E-state index contributed by atoms with van der Waals surface area (Å²) in [5.74, 6) is 0.605. The van der Waals surface area contributed by atoms with E-state index in [4.69, 9.17) is 14.7 Å². The molecule has 6 nitrogen and oxygen atoms in total. The number of nitrogens with zero attached hydrogens (tertiary/aromatic N) is 2. The molecule has 144 valence electrons. The first-order chi connectivity index (χ1) is 13.6. The van der Waals surface area contributed by atoms with Crippen LogP contribution in [0.5, 0.6) is 11.5 Å². The van der Waals surface area contributed by atoms with Crippen molar-refractivity contribution in [3.63, 3.8) is 0 Å². The number of rotatable bonds is 3. The van der Waals surface area contributed by atoms with Gasteiger partial charge in [-0.2, -0.15) is 5.26 Å². The lowest BCUT2D eigenvalue weighted by atomic mass is 10.0. The third-order valence-electron chi connectivity index (χ3n) is 4.98. The van der Waals surface area contributed by atoms with E-state index in [2.05, 4.69) is 5.32 Å². The number of halogens is 1. The molecule has 7 heteroatoms. The number of piperidine rings is 1. The first-order valence-corrected chi connectivity index (χ1v) is 9.29. The SMILES string of the molecule is N#Cc1ccc(N2CCCC(NC(=O)c3ccc4c(c3)OCCO4)C2)c(F)c1. The summed E-state index contributed by atoms with van der Waals surface area (Å²) in [5, 5.41) is 11.9. The number of fused-ring (bicyclic) bond motifs is 1. The van der Waals surface area contributed by atoms with E-state index < -0.39 is 5.82 Å². The van der Waals surface area contributed by atoms with Gasteiger partial charge in [-0.05, 0) is 49.2 Å². The molecule has 2 aliphatic heterocycles. The average Bonchev–Trinajstić information content (AvgIpc) is 2.73. The number of amides is 1.